The molecule has 0 aliphatic carbocycles. The first-order valence-electron chi connectivity index (χ1n) is 9.99. The molecule has 7 nitrogen and oxygen atoms in total. The van der Waals surface area contributed by atoms with E-state index in [4.69, 9.17) is 10.5 Å². The van der Waals surface area contributed by atoms with Crippen molar-refractivity contribution in [2.75, 3.05) is 18.2 Å². The molecule has 0 aliphatic heterocycles. The van der Waals surface area contributed by atoms with Crippen molar-refractivity contribution in [3.63, 3.8) is 0 Å². The maximum Gasteiger partial charge on any atom is 0.272 e. The lowest BCUT2D eigenvalue weighted by molar-refractivity contribution is -0.115. The SMILES string of the molecule is COc1cccc(/C=C(\NC(=O)c2ccccc2)C(=O)Nc2ccc(SCC(N)=O)cc2)c1. The molecule has 0 aromatic heterocycles. The molecule has 0 saturated heterocycles. The molecule has 3 rings (SSSR count). The average molecular weight is 462 g/mol. The predicted molar refractivity (Wildman–Crippen MR) is 130 cm³/mol. The summed E-state index contributed by atoms with van der Waals surface area (Å²) in [4.78, 5) is 37.5. The summed E-state index contributed by atoms with van der Waals surface area (Å²) in [7, 11) is 1.55. The zero-order chi connectivity index (χ0) is 23.6. The van der Waals surface area contributed by atoms with Gasteiger partial charge < -0.3 is 21.1 Å². The van der Waals surface area contributed by atoms with E-state index in [0.29, 0.717) is 22.6 Å². The van der Waals surface area contributed by atoms with Crippen molar-refractivity contribution in [2.45, 2.75) is 4.90 Å². The zero-order valence-electron chi connectivity index (χ0n) is 17.9. The Kier molecular flexibility index (Phi) is 8.26. The highest BCUT2D eigenvalue weighted by atomic mass is 32.2. The van der Waals surface area contributed by atoms with Crippen LogP contribution in [0.15, 0.2) is 89.5 Å². The Hall–Kier alpha value is -4.04. The summed E-state index contributed by atoms with van der Waals surface area (Å²) in [5, 5.41) is 5.48. The molecule has 4 N–H and O–H groups in total. The Bertz CT molecular complexity index is 1160. The number of thioether (sulfide) groups is 1. The fraction of sp³-hybridized carbons (Fsp3) is 0.0800. The van der Waals surface area contributed by atoms with Crippen molar-refractivity contribution >= 4 is 41.2 Å². The van der Waals surface area contributed by atoms with E-state index < -0.39 is 17.7 Å². The van der Waals surface area contributed by atoms with E-state index in [-0.39, 0.29) is 11.4 Å². The molecule has 0 radical (unpaired) electrons. The van der Waals surface area contributed by atoms with E-state index in [0.717, 1.165) is 4.90 Å². The number of rotatable bonds is 9. The van der Waals surface area contributed by atoms with Gasteiger partial charge in [0.05, 0.1) is 12.9 Å². The monoisotopic (exact) mass is 461 g/mol. The lowest BCUT2D eigenvalue weighted by atomic mass is 10.1. The van der Waals surface area contributed by atoms with Crippen molar-refractivity contribution < 1.29 is 19.1 Å². The van der Waals surface area contributed by atoms with Gasteiger partial charge in [-0.2, -0.15) is 0 Å². The van der Waals surface area contributed by atoms with Gasteiger partial charge in [-0.15, -0.1) is 11.8 Å². The normalized spacial score (nSPS) is 10.9. The van der Waals surface area contributed by atoms with Gasteiger partial charge >= 0.3 is 0 Å². The molecule has 0 unspecified atom stereocenters. The third-order valence-corrected chi connectivity index (χ3v) is 5.46. The number of hydrogen-bond acceptors (Lipinski definition) is 5. The van der Waals surface area contributed by atoms with Crippen molar-refractivity contribution in [1.29, 1.82) is 0 Å². The maximum atomic E-state index is 13.0. The third kappa shape index (κ3) is 7.26. The van der Waals surface area contributed by atoms with Gasteiger partial charge in [0.2, 0.25) is 5.91 Å². The molecule has 0 atom stereocenters. The Morgan fingerprint density at radius 2 is 1.70 bits per heavy atom. The summed E-state index contributed by atoms with van der Waals surface area (Å²) >= 11 is 1.31. The Morgan fingerprint density at radius 1 is 0.970 bits per heavy atom. The number of ether oxygens (including phenoxy) is 1. The first-order valence-corrected chi connectivity index (χ1v) is 11.0. The molecule has 0 heterocycles. The van der Waals surface area contributed by atoms with E-state index in [1.165, 1.54) is 11.8 Å². The van der Waals surface area contributed by atoms with Crippen LogP contribution in [-0.4, -0.2) is 30.6 Å². The van der Waals surface area contributed by atoms with Gasteiger partial charge in [-0.25, -0.2) is 0 Å². The quantitative estimate of drug-likeness (QED) is 0.333. The molecule has 3 aromatic carbocycles. The number of amides is 3. The number of nitrogens with one attached hydrogen (secondary N) is 2. The predicted octanol–water partition coefficient (Wildman–Crippen LogP) is 3.68. The smallest absolute Gasteiger partial charge is 0.272 e. The maximum absolute atomic E-state index is 13.0. The number of primary amides is 1. The van der Waals surface area contributed by atoms with Crippen LogP contribution in [0.4, 0.5) is 5.69 Å². The van der Waals surface area contributed by atoms with Crippen LogP contribution in [0.1, 0.15) is 15.9 Å². The molecule has 0 fully saturated rings. The molecule has 8 heteroatoms. The minimum absolute atomic E-state index is 0.0734. The van der Waals surface area contributed by atoms with Crippen LogP contribution < -0.4 is 21.1 Å². The van der Waals surface area contributed by atoms with Crippen molar-refractivity contribution in [1.82, 2.24) is 5.32 Å². The van der Waals surface area contributed by atoms with Crippen LogP contribution in [0.2, 0.25) is 0 Å². The molecule has 0 bridgehead atoms. The fourth-order valence-electron chi connectivity index (χ4n) is 2.83. The van der Waals surface area contributed by atoms with E-state index in [9.17, 15) is 14.4 Å². The number of carbonyl (C=O) groups is 3. The zero-order valence-corrected chi connectivity index (χ0v) is 18.7. The lowest BCUT2D eigenvalue weighted by Gasteiger charge is -2.12. The summed E-state index contributed by atoms with van der Waals surface area (Å²) in [6.07, 6.45) is 1.58. The van der Waals surface area contributed by atoms with Crippen molar-refractivity contribution in [2.24, 2.45) is 5.73 Å². The topological polar surface area (TPSA) is 111 Å². The average Bonchev–Trinajstić information content (AvgIpc) is 2.83. The van der Waals surface area contributed by atoms with Crippen molar-refractivity contribution in [3.8, 4) is 5.75 Å². The Labute approximate surface area is 196 Å². The second kappa shape index (κ2) is 11.5. The number of methoxy groups -OCH3 is 1. The second-order valence-corrected chi connectivity index (χ2v) is 7.94. The number of hydrogen-bond donors (Lipinski definition) is 3. The minimum Gasteiger partial charge on any atom is -0.497 e. The molecule has 168 valence electrons. The summed E-state index contributed by atoms with van der Waals surface area (Å²) in [5.74, 6) is -0.497. The number of anilines is 1. The van der Waals surface area contributed by atoms with E-state index in [1.807, 2.05) is 6.07 Å². The number of nitrogens with two attached hydrogens (primary N) is 1. The Morgan fingerprint density at radius 3 is 2.36 bits per heavy atom. The van der Waals surface area contributed by atoms with Crippen LogP contribution in [0.5, 0.6) is 5.75 Å². The van der Waals surface area contributed by atoms with Crippen LogP contribution in [0, 0.1) is 0 Å². The van der Waals surface area contributed by atoms with Crippen LogP contribution in [-0.2, 0) is 9.59 Å². The third-order valence-electron chi connectivity index (χ3n) is 4.43. The number of benzene rings is 3. The second-order valence-electron chi connectivity index (χ2n) is 6.89. The van der Waals surface area contributed by atoms with Gasteiger partial charge in [-0.05, 0) is 60.2 Å². The highest BCUT2D eigenvalue weighted by molar-refractivity contribution is 8.00. The first kappa shape index (κ1) is 23.6. The molecule has 0 aliphatic rings. The molecular formula is C25H23N3O4S. The summed E-state index contributed by atoms with van der Waals surface area (Å²) in [6, 6.07) is 22.7. The van der Waals surface area contributed by atoms with Crippen LogP contribution in [0.3, 0.4) is 0 Å². The van der Waals surface area contributed by atoms with Gasteiger partial charge in [0, 0.05) is 16.1 Å². The minimum atomic E-state index is -0.486. The highest BCUT2D eigenvalue weighted by Gasteiger charge is 2.15. The Balaban J connectivity index is 1.81. The fourth-order valence-corrected chi connectivity index (χ4v) is 3.47. The van der Waals surface area contributed by atoms with Crippen LogP contribution >= 0.6 is 11.8 Å². The van der Waals surface area contributed by atoms with Gasteiger partial charge in [-0.1, -0.05) is 30.3 Å². The molecule has 3 aromatic rings. The van der Waals surface area contributed by atoms with Crippen LogP contribution in [0.25, 0.3) is 6.08 Å². The van der Waals surface area contributed by atoms with Crippen molar-refractivity contribution in [3.05, 3.63) is 95.7 Å². The van der Waals surface area contributed by atoms with Gasteiger partial charge in [0.15, 0.2) is 0 Å². The van der Waals surface area contributed by atoms with Gasteiger partial charge in [-0.3, -0.25) is 14.4 Å². The lowest BCUT2D eigenvalue weighted by Crippen LogP contribution is -2.30. The largest absolute Gasteiger partial charge is 0.497 e. The molecule has 0 saturated carbocycles. The summed E-state index contributed by atoms with van der Waals surface area (Å²) < 4.78 is 5.24. The van der Waals surface area contributed by atoms with E-state index in [2.05, 4.69) is 10.6 Å². The van der Waals surface area contributed by atoms with Gasteiger partial charge in [0.1, 0.15) is 11.4 Å². The molecule has 33 heavy (non-hydrogen) atoms. The molecule has 0 spiro atoms. The molecular weight excluding hydrogens is 438 g/mol. The van der Waals surface area contributed by atoms with E-state index >= 15 is 0 Å². The first-order chi connectivity index (χ1) is 15.9. The van der Waals surface area contributed by atoms with E-state index in [1.54, 1.807) is 86.0 Å². The number of carbonyl (C=O) groups excluding carboxylic acids is 3. The molecule has 3 amide bonds. The summed E-state index contributed by atoms with van der Waals surface area (Å²) in [5.41, 5.74) is 6.89. The van der Waals surface area contributed by atoms with Gasteiger partial charge in [0.25, 0.3) is 11.8 Å². The summed E-state index contributed by atoms with van der Waals surface area (Å²) in [6.45, 7) is 0. The standard InChI is InChI=1S/C25H23N3O4S/c1-32-20-9-5-6-17(14-20)15-22(28-24(30)18-7-3-2-4-8-18)25(31)27-19-10-12-21(13-11-19)33-16-23(26)29/h2-15H,16H2,1H3,(H2,26,29)(H,27,31)(H,28,30)/b22-15-. The highest BCUT2D eigenvalue weighted by Crippen LogP contribution is 2.21.